The van der Waals surface area contributed by atoms with Gasteiger partial charge in [0.05, 0.1) is 17.0 Å². The highest BCUT2D eigenvalue weighted by Gasteiger charge is 2.23. The van der Waals surface area contributed by atoms with Gasteiger partial charge >= 0.3 is 0 Å². The lowest BCUT2D eigenvalue weighted by Gasteiger charge is -2.32. The zero-order valence-corrected chi connectivity index (χ0v) is 16.7. The van der Waals surface area contributed by atoms with Gasteiger partial charge in [-0.2, -0.15) is 0 Å². The summed E-state index contributed by atoms with van der Waals surface area (Å²) in [6.07, 6.45) is 2.43. The molecule has 1 aliphatic rings. The predicted molar refractivity (Wildman–Crippen MR) is 102 cm³/mol. The zero-order valence-electron chi connectivity index (χ0n) is 14.4. The maximum absolute atomic E-state index is 12.3. The Morgan fingerprint density at radius 3 is 2.46 bits per heavy atom. The van der Waals surface area contributed by atoms with Crippen LogP contribution in [0, 0.1) is 0 Å². The van der Waals surface area contributed by atoms with Crippen LogP contribution >= 0.6 is 23.2 Å². The zero-order chi connectivity index (χ0) is 19.3. The molecule has 0 N–H and O–H groups in total. The molecule has 1 saturated heterocycles. The molecule has 1 aromatic rings. The van der Waals surface area contributed by atoms with E-state index in [0.29, 0.717) is 43.3 Å². The summed E-state index contributed by atoms with van der Waals surface area (Å²) in [6.45, 7) is 2.14. The van der Waals surface area contributed by atoms with Crippen LogP contribution in [0.25, 0.3) is 0 Å². The molecule has 2 amide bonds. The molecule has 0 unspecified atom stereocenters. The van der Waals surface area contributed by atoms with Crippen molar-refractivity contribution in [3.63, 3.8) is 0 Å². The van der Waals surface area contributed by atoms with E-state index in [0.717, 1.165) is 12.7 Å². The molecule has 0 aromatic heterocycles. The lowest BCUT2D eigenvalue weighted by atomic mass is 10.2. The summed E-state index contributed by atoms with van der Waals surface area (Å²) in [6, 6.07) is 4.61. The van der Waals surface area contributed by atoms with Crippen LogP contribution in [0.2, 0.25) is 10.0 Å². The maximum Gasteiger partial charge on any atom is 0.232 e. The van der Waals surface area contributed by atoms with E-state index < -0.39 is 10.0 Å². The molecule has 0 atom stereocenters. The fourth-order valence-corrected chi connectivity index (χ4v) is 4.16. The number of carbonyl (C=O) groups excluding carboxylic acids is 2. The Bertz CT molecular complexity index is 765. The Hall–Kier alpha value is -1.51. The van der Waals surface area contributed by atoms with Crippen molar-refractivity contribution in [1.29, 1.82) is 0 Å². The second-order valence-corrected chi connectivity index (χ2v) is 8.81. The third-order valence-corrected chi connectivity index (χ3v) is 5.88. The molecule has 2 rings (SSSR count). The van der Waals surface area contributed by atoms with Crippen LogP contribution in [-0.2, 0) is 19.6 Å². The number of anilines is 1. The first-order valence-electron chi connectivity index (χ1n) is 8.12. The number of sulfonamides is 1. The van der Waals surface area contributed by atoms with Crippen molar-refractivity contribution in [3.8, 4) is 0 Å². The molecule has 7 nitrogen and oxygen atoms in total. The molecule has 0 bridgehead atoms. The van der Waals surface area contributed by atoms with Gasteiger partial charge in [-0.3, -0.25) is 13.9 Å². The molecule has 1 aromatic carbocycles. The normalized spacial score (nSPS) is 15.0. The van der Waals surface area contributed by atoms with Gasteiger partial charge in [0.15, 0.2) is 0 Å². The van der Waals surface area contributed by atoms with Crippen LogP contribution in [0.3, 0.4) is 0 Å². The van der Waals surface area contributed by atoms with E-state index >= 15 is 0 Å². The van der Waals surface area contributed by atoms with E-state index in [1.165, 1.54) is 16.4 Å². The monoisotopic (exact) mass is 421 g/mol. The molecule has 144 valence electrons. The van der Waals surface area contributed by atoms with Crippen LogP contribution < -0.4 is 4.31 Å². The average Bonchev–Trinajstić information content (AvgIpc) is 2.60. The Balaban J connectivity index is 1.97. The van der Waals surface area contributed by atoms with Crippen LogP contribution in [0.4, 0.5) is 5.69 Å². The average molecular weight is 422 g/mol. The van der Waals surface area contributed by atoms with E-state index in [1.807, 2.05) is 0 Å². The van der Waals surface area contributed by atoms with Gasteiger partial charge in [-0.15, -0.1) is 0 Å². The van der Waals surface area contributed by atoms with Crippen LogP contribution in [0.5, 0.6) is 0 Å². The van der Waals surface area contributed by atoms with Crippen molar-refractivity contribution in [1.82, 2.24) is 9.80 Å². The molecule has 0 radical (unpaired) electrons. The minimum Gasteiger partial charge on any atom is -0.342 e. The summed E-state index contributed by atoms with van der Waals surface area (Å²) in [7, 11) is -3.57. The molecular formula is C16H21Cl2N3O4S. The van der Waals surface area contributed by atoms with E-state index in [1.54, 1.807) is 15.9 Å². The number of hydrogen-bond donors (Lipinski definition) is 0. The topological polar surface area (TPSA) is 78.0 Å². The number of nitrogens with zero attached hydrogens (tertiary/aromatic N) is 3. The molecular weight excluding hydrogens is 401 g/mol. The Morgan fingerprint density at radius 1 is 1.23 bits per heavy atom. The summed E-state index contributed by atoms with van der Waals surface area (Å²) in [4.78, 5) is 26.3. The van der Waals surface area contributed by atoms with Gasteiger partial charge in [-0.25, -0.2) is 8.42 Å². The van der Waals surface area contributed by atoms with Gasteiger partial charge < -0.3 is 9.80 Å². The molecule has 0 saturated carbocycles. The highest BCUT2D eigenvalue weighted by molar-refractivity contribution is 7.92. The van der Waals surface area contributed by atoms with Crippen molar-refractivity contribution in [2.45, 2.75) is 12.8 Å². The number of amides is 2. The first-order chi connectivity index (χ1) is 12.2. The minimum atomic E-state index is -3.57. The van der Waals surface area contributed by atoms with Gasteiger partial charge in [0.2, 0.25) is 22.3 Å². The fraction of sp³-hybridized carbons (Fsp3) is 0.500. The molecule has 10 heteroatoms. The number of carbonyl (C=O) groups is 2. The van der Waals surface area contributed by atoms with Crippen LogP contribution in [0.15, 0.2) is 18.2 Å². The lowest BCUT2D eigenvalue weighted by molar-refractivity contribution is -0.135. The Morgan fingerprint density at radius 2 is 1.88 bits per heavy atom. The van der Waals surface area contributed by atoms with Crippen molar-refractivity contribution in [2.75, 3.05) is 43.3 Å². The lowest BCUT2D eigenvalue weighted by Crippen LogP contribution is -2.48. The summed E-state index contributed by atoms with van der Waals surface area (Å²) in [5.41, 5.74) is 0.300. The number of halogens is 2. The van der Waals surface area contributed by atoms with E-state index in [-0.39, 0.29) is 23.9 Å². The van der Waals surface area contributed by atoms with Gasteiger partial charge in [-0.05, 0) is 24.6 Å². The second kappa shape index (κ2) is 8.92. The van der Waals surface area contributed by atoms with E-state index in [2.05, 4.69) is 0 Å². The van der Waals surface area contributed by atoms with Gasteiger partial charge in [0.25, 0.3) is 0 Å². The molecule has 1 aliphatic heterocycles. The van der Waals surface area contributed by atoms with Crippen molar-refractivity contribution in [3.05, 3.63) is 28.2 Å². The quantitative estimate of drug-likeness (QED) is 0.629. The molecule has 0 spiro atoms. The largest absolute Gasteiger partial charge is 0.342 e. The highest BCUT2D eigenvalue weighted by atomic mass is 35.5. The minimum absolute atomic E-state index is 0.0545. The Labute approximate surface area is 163 Å². The van der Waals surface area contributed by atoms with Gasteiger partial charge in [0, 0.05) is 44.2 Å². The third kappa shape index (κ3) is 5.49. The summed E-state index contributed by atoms with van der Waals surface area (Å²) >= 11 is 12.1. The number of rotatable bonds is 7. The van der Waals surface area contributed by atoms with Crippen molar-refractivity contribution in [2.24, 2.45) is 0 Å². The first-order valence-corrected chi connectivity index (χ1v) is 10.7. The maximum atomic E-state index is 12.3. The fourth-order valence-electron chi connectivity index (χ4n) is 2.75. The number of piperazine rings is 1. The number of benzene rings is 1. The van der Waals surface area contributed by atoms with Crippen molar-refractivity contribution >= 4 is 51.2 Å². The molecule has 1 fully saturated rings. The summed E-state index contributed by atoms with van der Waals surface area (Å²) in [5.74, 6) is -0.0545. The smallest absolute Gasteiger partial charge is 0.232 e. The van der Waals surface area contributed by atoms with Crippen molar-refractivity contribution < 1.29 is 18.0 Å². The number of hydrogen-bond acceptors (Lipinski definition) is 4. The molecule has 26 heavy (non-hydrogen) atoms. The van der Waals surface area contributed by atoms with Crippen LogP contribution in [0.1, 0.15) is 12.8 Å². The van der Waals surface area contributed by atoms with Crippen LogP contribution in [-0.4, -0.2) is 69.5 Å². The predicted octanol–water partition coefficient (Wildman–Crippen LogP) is 1.84. The first kappa shape index (κ1) is 20.8. The van der Waals surface area contributed by atoms with E-state index in [4.69, 9.17) is 23.2 Å². The second-order valence-electron chi connectivity index (χ2n) is 6.06. The SMILES string of the molecule is CS(=O)(=O)N(CCCC(=O)N1CCN(C=O)CC1)c1cc(Cl)ccc1Cl. The standard InChI is InChI=1S/C16H21Cl2N3O4S/c1-26(24,25)21(15-11-13(17)4-5-14(15)18)6-2-3-16(23)20-9-7-19(12-22)8-10-20/h4-5,11-12H,2-3,6-10H2,1H3. The molecule has 1 heterocycles. The van der Waals surface area contributed by atoms with E-state index in [9.17, 15) is 18.0 Å². The third-order valence-electron chi connectivity index (χ3n) is 4.15. The van der Waals surface area contributed by atoms with Gasteiger partial charge in [0.1, 0.15) is 0 Å². The van der Waals surface area contributed by atoms with Gasteiger partial charge in [-0.1, -0.05) is 23.2 Å². The molecule has 0 aliphatic carbocycles. The highest BCUT2D eigenvalue weighted by Crippen LogP contribution is 2.30. The summed E-state index contributed by atoms with van der Waals surface area (Å²) in [5, 5.41) is 0.651. The Kier molecular flexibility index (Phi) is 7.14. The summed E-state index contributed by atoms with van der Waals surface area (Å²) < 4.78 is 25.4.